The second-order valence-electron chi connectivity index (χ2n) is 6.43. The molecule has 0 radical (unpaired) electrons. The van der Waals surface area contributed by atoms with Crippen molar-refractivity contribution in [1.29, 1.82) is 0 Å². The molecule has 28 heavy (non-hydrogen) atoms. The Bertz CT molecular complexity index is 1040. The molecule has 1 N–H and O–H groups in total. The van der Waals surface area contributed by atoms with E-state index in [0.29, 0.717) is 10.8 Å². The Morgan fingerprint density at radius 3 is 2.71 bits per heavy atom. The molecule has 0 aliphatic carbocycles. The molecule has 0 aliphatic heterocycles. The molecule has 2 aromatic heterocycles. The van der Waals surface area contributed by atoms with Gasteiger partial charge in [-0.05, 0) is 32.9 Å². The van der Waals surface area contributed by atoms with Crippen LogP contribution in [0.1, 0.15) is 31.7 Å². The Morgan fingerprint density at radius 1 is 1.25 bits per heavy atom. The summed E-state index contributed by atoms with van der Waals surface area (Å²) in [4.78, 5) is 25.1. The van der Waals surface area contributed by atoms with Crippen molar-refractivity contribution in [2.75, 3.05) is 5.32 Å². The van der Waals surface area contributed by atoms with E-state index in [2.05, 4.69) is 10.4 Å². The number of aromatic nitrogens is 2. The largest absolute Gasteiger partial charge is 0.449 e. The molecule has 1 amide bonds. The van der Waals surface area contributed by atoms with Gasteiger partial charge >= 0.3 is 5.97 Å². The average Bonchev–Trinajstić information content (AvgIpc) is 3.25. The number of nitrogens with zero attached hydrogens (tertiary/aromatic N) is 2. The number of benzene rings is 1. The Balaban J connectivity index is 1.61. The summed E-state index contributed by atoms with van der Waals surface area (Å²) in [6, 6.07) is 9.53. The molecule has 0 aliphatic rings. The van der Waals surface area contributed by atoms with Gasteiger partial charge in [-0.25, -0.2) is 9.48 Å². The first-order chi connectivity index (χ1) is 13.4. The number of rotatable bonds is 6. The van der Waals surface area contributed by atoms with Crippen LogP contribution in [0.5, 0.6) is 0 Å². The zero-order valence-corrected chi connectivity index (χ0v) is 17.3. The van der Waals surface area contributed by atoms with E-state index in [1.165, 1.54) is 24.3 Å². The number of thiophene rings is 1. The van der Waals surface area contributed by atoms with Gasteiger partial charge in [0.15, 0.2) is 6.10 Å². The number of hydrogen-bond acceptors (Lipinski definition) is 5. The molecule has 0 saturated heterocycles. The minimum Gasteiger partial charge on any atom is -0.449 e. The monoisotopic (exact) mass is 417 g/mol. The number of esters is 1. The van der Waals surface area contributed by atoms with Crippen LogP contribution in [0.15, 0.2) is 42.6 Å². The molecule has 1 aromatic carbocycles. The van der Waals surface area contributed by atoms with E-state index in [9.17, 15) is 9.59 Å². The summed E-state index contributed by atoms with van der Waals surface area (Å²) in [5, 5.41) is 8.40. The van der Waals surface area contributed by atoms with Crippen molar-refractivity contribution in [2.24, 2.45) is 0 Å². The van der Waals surface area contributed by atoms with Gasteiger partial charge in [0.2, 0.25) is 0 Å². The predicted octanol–water partition coefficient (Wildman–Crippen LogP) is 4.92. The lowest BCUT2D eigenvalue weighted by Gasteiger charge is -2.15. The van der Waals surface area contributed by atoms with Gasteiger partial charge in [0.25, 0.3) is 5.91 Å². The van der Waals surface area contributed by atoms with Gasteiger partial charge in [0.05, 0.1) is 11.2 Å². The molecule has 3 aromatic rings. The fourth-order valence-corrected chi connectivity index (χ4v) is 4.00. The zero-order chi connectivity index (χ0) is 20.3. The maximum Gasteiger partial charge on any atom is 0.331 e. The highest BCUT2D eigenvalue weighted by molar-refractivity contribution is 7.20. The van der Waals surface area contributed by atoms with Crippen LogP contribution < -0.4 is 5.32 Å². The van der Waals surface area contributed by atoms with Crippen LogP contribution in [0, 0.1) is 0 Å². The lowest BCUT2D eigenvalue weighted by Crippen LogP contribution is -2.30. The van der Waals surface area contributed by atoms with E-state index in [1.807, 2.05) is 38.1 Å². The number of carbonyl (C=O) groups excluding carboxylic acids is 2. The molecule has 1 atom stereocenters. The Labute approximate surface area is 171 Å². The molecule has 0 bridgehead atoms. The van der Waals surface area contributed by atoms with Crippen molar-refractivity contribution < 1.29 is 14.3 Å². The van der Waals surface area contributed by atoms with Crippen molar-refractivity contribution in [3.63, 3.8) is 0 Å². The number of carbonyl (C=O) groups is 2. The molecule has 6 nitrogen and oxygen atoms in total. The lowest BCUT2D eigenvalue weighted by atomic mass is 10.2. The predicted molar refractivity (Wildman–Crippen MR) is 113 cm³/mol. The molecule has 1 unspecified atom stereocenters. The number of amides is 1. The highest BCUT2D eigenvalue weighted by Crippen LogP contribution is 2.35. The molecule has 2 heterocycles. The molecular weight excluding hydrogens is 398 g/mol. The SMILES string of the molecule is CC(OC(=O)C=Cc1sc2ccccc2c1Cl)C(=O)Nc1ccnn1C(C)C. The molecular formula is C20H20ClN3O3S. The van der Waals surface area contributed by atoms with Gasteiger partial charge in [0, 0.05) is 33.1 Å². The summed E-state index contributed by atoms with van der Waals surface area (Å²) in [6.45, 7) is 5.43. The van der Waals surface area contributed by atoms with Crippen molar-refractivity contribution in [1.82, 2.24) is 9.78 Å². The first-order valence-electron chi connectivity index (χ1n) is 8.77. The molecule has 0 saturated carbocycles. The van der Waals surface area contributed by atoms with Crippen molar-refractivity contribution in [3.8, 4) is 0 Å². The number of halogens is 1. The van der Waals surface area contributed by atoms with E-state index in [0.717, 1.165) is 15.0 Å². The van der Waals surface area contributed by atoms with Gasteiger partial charge < -0.3 is 10.1 Å². The summed E-state index contributed by atoms with van der Waals surface area (Å²) in [5.41, 5.74) is 0. The quantitative estimate of drug-likeness (QED) is 0.456. The van der Waals surface area contributed by atoms with Crippen LogP contribution in [0.25, 0.3) is 16.2 Å². The molecule has 0 spiro atoms. The van der Waals surface area contributed by atoms with Crippen LogP contribution in [-0.2, 0) is 14.3 Å². The van der Waals surface area contributed by atoms with Gasteiger partial charge in [-0.1, -0.05) is 29.8 Å². The van der Waals surface area contributed by atoms with Gasteiger partial charge in [-0.2, -0.15) is 5.10 Å². The summed E-state index contributed by atoms with van der Waals surface area (Å²) in [7, 11) is 0. The summed E-state index contributed by atoms with van der Waals surface area (Å²) in [6.07, 6.45) is 3.53. The lowest BCUT2D eigenvalue weighted by molar-refractivity contribution is -0.148. The smallest absolute Gasteiger partial charge is 0.331 e. The third-order valence-corrected chi connectivity index (χ3v) is 5.66. The minimum atomic E-state index is -0.953. The Morgan fingerprint density at radius 2 is 2.00 bits per heavy atom. The second kappa shape index (κ2) is 8.58. The van der Waals surface area contributed by atoms with E-state index < -0.39 is 18.0 Å². The van der Waals surface area contributed by atoms with Crippen LogP contribution >= 0.6 is 22.9 Å². The van der Waals surface area contributed by atoms with Gasteiger partial charge in [-0.3, -0.25) is 4.79 Å². The van der Waals surface area contributed by atoms with E-state index in [1.54, 1.807) is 23.0 Å². The van der Waals surface area contributed by atoms with Crippen molar-refractivity contribution in [3.05, 3.63) is 52.5 Å². The highest BCUT2D eigenvalue weighted by atomic mass is 35.5. The van der Waals surface area contributed by atoms with Gasteiger partial charge in [0.1, 0.15) is 5.82 Å². The summed E-state index contributed by atoms with van der Waals surface area (Å²) in [5.74, 6) is -0.493. The van der Waals surface area contributed by atoms with Crippen molar-refractivity contribution in [2.45, 2.75) is 32.9 Å². The molecule has 8 heteroatoms. The number of nitrogens with one attached hydrogen (secondary N) is 1. The first-order valence-corrected chi connectivity index (χ1v) is 9.96. The normalized spacial score (nSPS) is 12.6. The minimum absolute atomic E-state index is 0.0946. The number of anilines is 1. The Kier molecular flexibility index (Phi) is 6.16. The van der Waals surface area contributed by atoms with Crippen LogP contribution in [0.3, 0.4) is 0 Å². The highest BCUT2D eigenvalue weighted by Gasteiger charge is 2.19. The first kappa shape index (κ1) is 20.1. The molecule has 0 fully saturated rings. The standard InChI is InChI=1S/C20H20ClN3O3S/c1-12(2)24-17(10-11-22-24)23-20(26)13(3)27-18(25)9-8-16-19(21)14-6-4-5-7-15(14)28-16/h4-13H,1-3H3,(H,23,26). The molecule has 3 rings (SSSR count). The molecule has 146 valence electrons. The zero-order valence-electron chi connectivity index (χ0n) is 15.7. The fourth-order valence-electron chi connectivity index (χ4n) is 2.60. The third-order valence-electron chi connectivity index (χ3n) is 4.00. The van der Waals surface area contributed by atoms with E-state index in [4.69, 9.17) is 16.3 Å². The van der Waals surface area contributed by atoms with E-state index >= 15 is 0 Å². The summed E-state index contributed by atoms with van der Waals surface area (Å²) < 4.78 is 7.90. The summed E-state index contributed by atoms with van der Waals surface area (Å²) >= 11 is 7.83. The number of hydrogen-bond donors (Lipinski definition) is 1. The maximum absolute atomic E-state index is 12.3. The second-order valence-corrected chi connectivity index (χ2v) is 7.89. The number of ether oxygens (including phenoxy) is 1. The topological polar surface area (TPSA) is 73.2 Å². The van der Waals surface area contributed by atoms with Crippen LogP contribution in [0.4, 0.5) is 5.82 Å². The fraction of sp³-hybridized carbons (Fsp3) is 0.250. The van der Waals surface area contributed by atoms with Crippen LogP contribution in [-0.4, -0.2) is 27.8 Å². The number of fused-ring (bicyclic) bond motifs is 1. The van der Waals surface area contributed by atoms with Crippen molar-refractivity contribution >= 4 is 56.8 Å². The van der Waals surface area contributed by atoms with E-state index in [-0.39, 0.29) is 6.04 Å². The van der Waals surface area contributed by atoms with Crippen LogP contribution in [0.2, 0.25) is 5.02 Å². The maximum atomic E-state index is 12.3. The third kappa shape index (κ3) is 4.43. The van der Waals surface area contributed by atoms with Gasteiger partial charge in [-0.15, -0.1) is 11.3 Å². The Hall–Kier alpha value is -2.64. The average molecular weight is 418 g/mol.